The van der Waals surface area contributed by atoms with Crippen LogP contribution in [0.1, 0.15) is 62.3 Å². The zero-order chi connectivity index (χ0) is 26.3. The number of carbonyl (C=O) groups is 3. The van der Waals surface area contributed by atoms with Gasteiger partial charge in [0.1, 0.15) is 16.8 Å². The van der Waals surface area contributed by atoms with E-state index in [0.29, 0.717) is 4.47 Å². The molecule has 0 saturated heterocycles. The van der Waals surface area contributed by atoms with Gasteiger partial charge >= 0.3 is 17.9 Å². The summed E-state index contributed by atoms with van der Waals surface area (Å²) in [5, 5.41) is 0. The molecule has 34 heavy (non-hydrogen) atoms. The monoisotopic (exact) mass is 546 g/mol. The van der Waals surface area contributed by atoms with E-state index in [4.69, 9.17) is 28.4 Å². The van der Waals surface area contributed by atoms with Crippen LogP contribution in [0.3, 0.4) is 0 Å². The highest BCUT2D eigenvalue weighted by atomic mass is 79.9. The summed E-state index contributed by atoms with van der Waals surface area (Å²) in [4.78, 5) is 36.4. The van der Waals surface area contributed by atoms with Gasteiger partial charge in [-0.25, -0.2) is 14.4 Å². The minimum absolute atomic E-state index is 0.0150. The van der Waals surface area contributed by atoms with E-state index >= 15 is 0 Å². The van der Waals surface area contributed by atoms with Crippen LogP contribution in [0.4, 0.5) is 0 Å². The zero-order valence-electron chi connectivity index (χ0n) is 21.3. The predicted molar refractivity (Wildman–Crippen MR) is 128 cm³/mol. The molecule has 0 saturated carbocycles. The third kappa shape index (κ3) is 12.7. The van der Waals surface area contributed by atoms with Crippen LogP contribution in [-0.4, -0.2) is 54.5 Å². The van der Waals surface area contributed by atoms with Crippen molar-refractivity contribution in [3.05, 3.63) is 16.6 Å². The molecule has 0 aliphatic heterocycles. The lowest BCUT2D eigenvalue weighted by atomic mass is 10.2. The van der Waals surface area contributed by atoms with Crippen molar-refractivity contribution < 1.29 is 42.8 Å². The molecule has 1 rings (SSSR count). The summed E-state index contributed by atoms with van der Waals surface area (Å²) in [7, 11) is 0. The standard InChI is InChI=1S/C24H35BrO9/c1-22(2,3)32-18(26)12-29-16-10-15(25)11-17(30-13-19(27)33-23(4,5)6)21(16)31-14-20(28)34-24(7,8)9/h10-11H,12-14H2,1-9H3. The lowest BCUT2D eigenvalue weighted by Crippen LogP contribution is -2.28. The first-order chi connectivity index (χ1) is 15.3. The first-order valence-electron chi connectivity index (χ1n) is 10.7. The van der Waals surface area contributed by atoms with E-state index in [-0.39, 0.29) is 17.2 Å². The van der Waals surface area contributed by atoms with Gasteiger partial charge in [-0.1, -0.05) is 15.9 Å². The Labute approximate surface area is 209 Å². The van der Waals surface area contributed by atoms with Crippen LogP contribution in [-0.2, 0) is 28.6 Å². The number of hydrogen-bond donors (Lipinski definition) is 0. The van der Waals surface area contributed by atoms with Gasteiger partial charge in [-0.15, -0.1) is 0 Å². The maximum atomic E-state index is 12.2. The summed E-state index contributed by atoms with van der Waals surface area (Å²) in [5.41, 5.74) is -2.07. The average molecular weight is 547 g/mol. The molecule has 0 amide bonds. The number of rotatable bonds is 9. The van der Waals surface area contributed by atoms with Crippen molar-refractivity contribution in [2.24, 2.45) is 0 Å². The summed E-state index contributed by atoms with van der Waals surface area (Å²) < 4.78 is 33.2. The second-order valence-corrected chi connectivity index (χ2v) is 11.3. The Morgan fingerprint density at radius 1 is 0.618 bits per heavy atom. The fourth-order valence-corrected chi connectivity index (χ4v) is 2.83. The minimum Gasteiger partial charge on any atom is -0.478 e. The number of esters is 3. The summed E-state index contributed by atoms with van der Waals surface area (Å²) >= 11 is 3.34. The Hall–Kier alpha value is -2.49. The van der Waals surface area contributed by atoms with E-state index < -0.39 is 54.5 Å². The molecule has 0 aliphatic carbocycles. The van der Waals surface area contributed by atoms with Crippen molar-refractivity contribution in [1.82, 2.24) is 0 Å². The van der Waals surface area contributed by atoms with E-state index in [0.717, 1.165) is 0 Å². The van der Waals surface area contributed by atoms with E-state index in [9.17, 15) is 14.4 Å². The molecule has 0 fully saturated rings. The molecule has 0 radical (unpaired) electrons. The quantitative estimate of drug-likeness (QED) is 0.324. The van der Waals surface area contributed by atoms with E-state index in [2.05, 4.69) is 15.9 Å². The van der Waals surface area contributed by atoms with Crippen LogP contribution in [0.5, 0.6) is 17.2 Å². The van der Waals surface area contributed by atoms with Gasteiger partial charge in [0, 0.05) is 4.47 Å². The zero-order valence-corrected chi connectivity index (χ0v) is 22.9. The molecule has 10 heteroatoms. The number of halogens is 1. The SMILES string of the molecule is CC(C)(C)OC(=O)COc1cc(Br)cc(OCC(=O)OC(C)(C)C)c1OCC(=O)OC(C)(C)C. The normalized spacial score (nSPS) is 11.9. The number of ether oxygens (including phenoxy) is 6. The van der Waals surface area contributed by atoms with Crippen molar-refractivity contribution in [2.45, 2.75) is 79.1 Å². The second-order valence-electron chi connectivity index (χ2n) is 10.4. The molecule has 0 heterocycles. The Bertz CT molecular complexity index is 821. The van der Waals surface area contributed by atoms with Gasteiger partial charge < -0.3 is 28.4 Å². The van der Waals surface area contributed by atoms with Crippen LogP contribution < -0.4 is 14.2 Å². The molecule has 0 N–H and O–H groups in total. The average Bonchev–Trinajstić information content (AvgIpc) is 2.59. The maximum Gasteiger partial charge on any atom is 0.344 e. The van der Waals surface area contributed by atoms with Crippen molar-refractivity contribution >= 4 is 33.8 Å². The van der Waals surface area contributed by atoms with Crippen LogP contribution >= 0.6 is 15.9 Å². The van der Waals surface area contributed by atoms with E-state index in [1.165, 1.54) is 12.1 Å². The van der Waals surface area contributed by atoms with Gasteiger partial charge in [0.2, 0.25) is 5.75 Å². The summed E-state index contributed by atoms with van der Waals surface area (Å²) in [5.74, 6) is -1.60. The summed E-state index contributed by atoms with van der Waals surface area (Å²) in [6, 6.07) is 3.07. The molecule has 1 aromatic rings. The van der Waals surface area contributed by atoms with Gasteiger partial charge in [0.15, 0.2) is 31.3 Å². The molecule has 0 spiro atoms. The van der Waals surface area contributed by atoms with Crippen molar-refractivity contribution in [2.75, 3.05) is 19.8 Å². The fourth-order valence-electron chi connectivity index (χ4n) is 2.42. The largest absolute Gasteiger partial charge is 0.478 e. The third-order valence-electron chi connectivity index (χ3n) is 3.27. The number of hydrogen-bond acceptors (Lipinski definition) is 9. The smallest absolute Gasteiger partial charge is 0.344 e. The highest BCUT2D eigenvalue weighted by Crippen LogP contribution is 2.41. The Morgan fingerprint density at radius 2 is 0.912 bits per heavy atom. The van der Waals surface area contributed by atoms with Crippen LogP contribution in [0.25, 0.3) is 0 Å². The third-order valence-corrected chi connectivity index (χ3v) is 3.73. The summed E-state index contributed by atoms with van der Waals surface area (Å²) in [6.45, 7) is 14.3. The van der Waals surface area contributed by atoms with Gasteiger partial charge in [-0.2, -0.15) is 0 Å². The number of benzene rings is 1. The molecule has 0 aromatic heterocycles. The van der Waals surface area contributed by atoms with E-state index in [1.54, 1.807) is 62.3 Å². The lowest BCUT2D eigenvalue weighted by Gasteiger charge is -2.22. The summed E-state index contributed by atoms with van der Waals surface area (Å²) in [6.07, 6.45) is 0. The topological polar surface area (TPSA) is 107 Å². The highest BCUT2D eigenvalue weighted by molar-refractivity contribution is 9.10. The molecular formula is C24H35BrO9. The fraction of sp³-hybridized carbons (Fsp3) is 0.625. The molecule has 0 aliphatic rings. The van der Waals surface area contributed by atoms with Gasteiger partial charge in [0.25, 0.3) is 0 Å². The van der Waals surface area contributed by atoms with Crippen LogP contribution in [0, 0.1) is 0 Å². The molecule has 0 bridgehead atoms. The van der Waals surface area contributed by atoms with Gasteiger partial charge in [-0.05, 0) is 74.4 Å². The van der Waals surface area contributed by atoms with Crippen molar-refractivity contribution in [1.29, 1.82) is 0 Å². The van der Waals surface area contributed by atoms with E-state index in [1.807, 2.05) is 0 Å². The molecular weight excluding hydrogens is 512 g/mol. The first kappa shape index (κ1) is 29.5. The molecule has 0 atom stereocenters. The van der Waals surface area contributed by atoms with Gasteiger partial charge in [-0.3, -0.25) is 0 Å². The maximum absolute atomic E-state index is 12.2. The van der Waals surface area contributed by atoms with Crippen molar-refractivity contribution in [3.63, 3.8) is 0 Å². The first-order valence-corrected chi connectivity index (χ1v) is 11.5. The van der Waals surface area contributed by atoms with Crippen LogP contribution in [0.2, 0.25) is 0 Å². The predicted octanol–water partition coefficient (Wildman–Crippen LogP) is 4.61. The molecule has 192 valence electrons. The van der Waals surface area contributed by atoms with Gasteiger partial charge in [0.05, 0.1) is 0 Å². The lowest BCUT2D eigenvalue weighted by molar-refractivity contribution is -0.159. The highest BCUT2D eigenvalue weighted by Gasteiger charge is 2.23. The second kappa shape index (κ2) is 11.8. The van der Waals surface area contributed by atoms with Crippen molar-refractivity contribution in [3.8, 4) is 17.2 Å². The Balaban J connectivity index is 3.12. The molecule has 9 nitrogen and oxygen atoms in total. The minimum atomic E-state index is -0.702. The van der Waals surface area contributed by atoms with Crippen LogP contribution in [0.15, 0.2) is 16.6 Å². The Kier molecular flexibility index (Phi) is 10.2. The number of carbonyl (C=O) groups excluding carboxylic acids is 3. The Morgan fingerprint density at radius 3 is 1.21 bits per heavy atom. The molecule has 1 aromatic carbocycles. The molecule has 0 unspecified atom stereocenters.